The van der Waals surface area contributed by atoms with Gasteiger partial charge in [0.1, 0.15) is 4.88 Å². The zero-order chi connectivity index (χ0) is 18.8. The fourth-order valence-electron chi connectivity index (χ4n) is 2.68. The molecule has 9 heteroatoms. The summed E-state index contributed by atoms with van der Waals surface area (Å²) >= 11 is 2.27. The summed E-state index contributed by atoms with van der Waals surface area (Å²) in [5.41, 5.74) is 3.26. The zero-order valence-corrected chi connectivity index (χ0v) is 16.1. The van der Waals surface area contributed by atoms with Crippen LogP contribution in [0, 0.1) is 24.0 Å². The van der Waals surface area contributed by atoms with E-state index in [1.807, 2.05) is 18.4 Å². The van der Waals surface area contributed by atoms with E-state index in [4.69, 9.17) is 4.74 Å². The number of nitro groups is 1. The van der Waals surface area contributed by atoms with Crippen LogP contribution in [0.5, 0.6) is 0 Å². The summed E-state index contributed by atoms with van der Waals surface area (Å²) in [6, 6.07) is 6.92. The number of amides is 1. The summed E-state index contributed by atoms with van der Waals surface area (Å²) in [4.78, 5) is 27.8. The first kappa shape index (κ1) is 18.4. The highest BCUT2D eigenvalue weighted by atomic mass is 32.1. The number of aryl methyl sites for hydroxylation is 2. The van der Waals surface area contributed by atoms with E-state index in [0.717, 1.165) is 32.7 Å². The lowest BCUT2D eigenvalue weighted by atomic mass is 10.1. The van der Waals surface area contributed by atoms with Gasteiger partial charge in [-0.15, -0.1) is 0 Å². The predicted molar refractivity (Wildman–Crippen MR) is 102 cm³/mol. The van der Waals surface area contributed by atoms with E-state index in [1.165, 1.54) is 23.5 Å². The van der Waals surface area contributed by atoms with Crippen LogP contribution in [0.1, 0.15) is 20.8 Å². The number of aromatic nitrogens is 1. The molecule has 3 aromatic rings. The summed E-state index contributed by atoms with van der Waals surface area (Å²) in [6.07, 6.45) is 0. The Bertz CT molecular complexity index is 1060. The topological polar surface area (TPSA) is 86.7 Å². The van der Waals surface area contributed by atoms with Gasteiger partial charge >= 0.3 is 5.00 Å². The molecule has 7 nitrogen and oxygen atoms in total. The molecule has 3 rings (SSSR count). The van der Waals surface area contributed by atoms with Crippen molar-refractivity contribution in [2.24, 2.45) is 4.99 Å². The summed E-state index contributed by atoms with van der Waals surface area (Å²) in [5, 5.41) is 10.7. The van der Waals surface area contributed by atoms with Crippen LogP contribution in [-0.2, 0) is 11.3 Å². The Morgan fingerprint density at radius 2 is 2.08 bits per heavy atom. The van der Waals surface area contributed by atoms with E-state index in [1.54, 1.807) is 7.11 Å². The molecule has 0 spiro atoms. The van der Waals surface area contributed by atoms with Gasteiger partial charge in [-0.1, -0.05) is 28.7 Å². The molecule has 136 valence electrons. The third kappa shape index (κ3) is 3.59. The number of thiophene rings is 1. The fourth-order valence-corrected chi connectivity index (χ4v) is 4.49. The van der Waals surface area contributed by atoms with Gasteiger partial charge in [0.05, 0.1) is 21.7 Å². The van der Waals surface area contributed by atoms with Crippen molar-refractivity contribution in [3.05, 3.63) is 55.2 Å². The molecule has 0 aliphatic heterocycles. The van der Waals surface area contributed by atoms with Gasteiger partial charge < -0.3 is 9.30 Å². The number of thiazole rings is 1. The van der Waals surface area contributed by atoms with Crippen LogP contribution in [0.4, 0.5) is 5.00 Å². The number of nitrogens with zero attached hydrogens (tertiary/aromatic N) is 3. The molecule has 0 saturated heterocycles. The quantitative estimate of drug-likeness (QED) is 0.490. The summed E-state index contributed by atoms with van der Waals surface area (Å²) in [5.74, 6) is -0.477. The van der Waals surface area contributed by atoms with Crippen molar-refractivity contribution in [1.82, 2.24) is 4.57 Å². The maximum atomic E-state index is 12.5. The molecule has 2 heterocycles. The number of fused-ring (bicyclic) bond motifs is 1. The number of carbonyl (C=O) groups is 1. The van der Waals surface area contributed by atoms with Crippen molar-refractivity contribution >= 4 is 43.8 Å². The average molecular weight is 391 g/mol. The number of hydrogen-bond donors (Lipinski definition) is 0. The van der Waals surface area contributed by atoms with Gasteiger partial charge in [0.25, 0.3) is 5.91 Å². The monoisotopic (exact) mass is 391 g/mol. The highest BCUT2D eigenvalue weighted by Crippen LogP contribution is 2.26. The second-order valence-electron chi connectivity index (χ2n) is 5.77. The standard InChI is InChI=1S/C17H17N3O4S2/c1-10-8-11(2)15-12(9-10)19(6-7-24-3)17(26-15)18-16(21)13-4-5-14(25-13)20(22)23/h4-5,8-9H,6-7H2,1-3H3. The lowest BCUT2D eigenvalue weighted by Gasteiger charge is -2.05. The fraction of sp³-hybridized carbons (Fsp3) is 0.294. The minimum absolute atomic E-state index is 0.0707. The molecule has 0 saturated carbocycles. The molecule has 1 amide bonds. The van der Waals surface area contributed by atoms with E-state index in [-0.39, 0.29) is 9.88 Å². The smallest absolute Gasteiger partial charge is 0.324 e. The molecule has 2 aromatic heterocycles. The number of rotatable bonds is 5. The Hall–Kier alpha value is -2.36. The van der Waals surface area contributed by atoms with Crippen molar-refractivity contribution in [1.29, 1.82) is 0 Å². The molecule has 0 bridgehead atoms. The molecule has 0 N–H and O–H groups in total. The highest BCUT2D eigenvalue weighted by Gasteiger charge is 2.16. The normalized spacial score (nSPS) is 12.0. The van der Waals surface area contributed by atoms with E-state index in [9.17, 15) is 14.9 Å². The Morgan fingerprint density at radius 1 is 1.31 bits per heavy atom. The molecule has 0 atom stereocenters. The maximum Gasteiger partial charge on any atom is 0.324 e. The minimum atomic E-state index is -0.508. The van der Waals surface area contributed by atoms with Crippen molar-refractivity contribution < 1.29 is 14.5 Å². The van der Waals surface area contributed by atoms with Crippen molar-refractivity contribution in [2.75, 3.05) is 13.7 Å². The molecular weight excluding hydrogens is 374 g/mol. The molecule has 0 unspecified atom stereocenters. The van der Waals surface area contributed by atoms with E-state index >= 15 is 0 Å². The van der Waals surface area contributed by atoms with Gasteiger partial charge in [-0.25, -0.2) is 0 Å². The molecule has 0 aliphatic carbocycles. The first-order valence-corrected chi connectivity index (χ1v) is 9.47. The molecule has 1 aromatic carbocycles. The van der Waals surface area contributed by atoms with Gasteiger partial charge in [-0.2, -0.15) is 4.99 Å². The van der Waals surface area contributed by atoms with Crippen molar-refractivity contribution in [2.45, 2.75) is 20.4 Å². The molecular formula is C17H17N3O4S2. The summed E-state index contributed by atoms with van der Waals surface area (Å²) in [6.45, 7) is 5.11. The number of benzene rings is 1. The number of ether oxygens (including phenoxy) is 1. The second-order valence-corrected chi connectivity index (χ2v) is 7.81. The molecule has 0 radical (unpaired) electrons. The van der Waals surface area contributed by atoms with E-state index < -0.39 is 10.8 Å². The van der Waals surface area contributed by atoms with Crippen LogP contribution in [0.3, 0.4) is 0 Å². The first-order chi connectivity index (χ1) is 12.4. The third-order valence-corrected chi connectivity index (χ3v) is 6.07. The highest BCUT2D eigenvalue weighted by molar-refractivity contribution is 7.17. The number of carbonyl (C=O) groups excluding carboxylic acids is 1. The maximum absolute atomic E-state index is 12.5. The Labute approximate surface area is 157 Å². The van der Waals surface area contributed by atoms with Gasteiger partial charge in [0.15, 0.2) is 4.80 Å². The Morgan fingerprint density at radius 3 is 2.73 bits per heavy atom. The largest absolute Gasteiger partial charge is 0.383 e. The number of methoxy groups -OCH3 is 1. The molecule has 0 fully saturated rings. The van der Waals surface area contributed by atoms with Crippen LogP contribution < -0.4 is 4.80 Å². The van der Waals surface area contributed by atoms with Gasteiger partial charge in [0, 0.05) is 19.7 Å². The van der Waals surface area contributed by atoms with E-state index in [0.29, 0.717) is 18.0 Å². The lowest BCUT2D eigenvalue weighted by molar-refractivity contribution is -0.380. The summed E-state index contributed by atoms with van der Waals surface area (Å²) in [7, 11) is 1.62. The van der Waals surface area contributed by atoms with E-state index in [2.05, 4.69) is 17.1 Å². The summed E-state index contributed by atoms with van der Waals surface area (Å²) < 4.78 is 8.21. The Balaban J connectivity index is 2.12. The second kappa shape index (κ2) is 7.48. The lowest BCUT2D eigenvalue weighted by Crippen LogP contribution is -2.19. The third-order valence-electron chi connectivity index (χ3n) is 3.81. The van der Waals surface area contributed by atoms with Crippen LogP contribution in [0.2, 0.25) is 0 Å². The van der Waals surface area contributed by atoms with Gasteiger partial charge in [-0.05, 0) is 37.1 Å². The first-order valence-electron chi connectivity index (χ1n) is 7.83. The van der Waals surface area contributed by atoms with Crippen LogP contribution in [0.15, 0.2) is 29.3 Å². The Kier molecular flexibility index (Phi) is 5.30. The average Bonchev–Trinajstić information content (AvgIpc) is 3.19. The van der Waals surface area contributed by atoms with Crippen LogP contribution in [0.25, 0.3) is 10.2 Å². The van der Waals surface area contributed by atoms with Crippen molar-refractivity contribution in [3.8, 4) is 0 Å². The van der Waals surface area contributed by atoms with Crippen LogP contribution >= 0.6 is 22.7 Å². The zero-order valence-electron chi connectivity index (χ0n) is 14.5. The SMILES string of the molecule is COCCn1c(=NC(=O)c2ccc([N+](=O)[O-])s2)sc2c(C)cc(C)cc21. The predicted octanol–water partition coefficient (Wildman–Crippen LogP) is 3.68. The van der Waals surface area contributed by atoms with Gasteiger partial charge in [0.2, 0.25) is 0 Å². The van der Waals surface area contributed by atoms with Crippen LogP contribution in [-0.4, -0.2) is 29.1 Å². The molecule has 26 heavy (non-hydrogen) atoms. The van der Waals surface area contributed by atoms with Gasteiger partial charge in [-0.3, -0.25) is 14.9 Å². The number of hydrogen-bond acceptors (Lipinski definition) is 6. The minimum Gasteiger partial charge on any atom is -0.383 e. The molecule has 0 aliphatic rings. The van der Waals surface area contributed by atoms with Crippen molar-refractivity contribution in [3.63, 3.8) is 0 Å².